The first kappa shape index (κ1) is 16.8. The molecule has 122 valence electrons. The van der Waals surface area contributed by atoms with Gasteiger partial charge in [-0.3, -0.25) is 0 Å². The largest absolute Gasteiger partial charge is 0.444 e. The lowest BCUT2D eigenvalue weighted by Gasteiger charge is -2.27. The number of hydrogen-bond donors (Lipinski definition) is 2. The molecular formula is C18H28N2O2. The van der Waals surface area contributed by atoms with Crippen molar-refractivity contribution < 1.29 is 9.53 Å². The maximum Gasteiger partial charge on any atom is 0.407 e. The zero-order valence-corrected chi connectivity index (χ0v) is 14.1. The van der Waals surface area contributed by atoms with Gasteiger partial charge in [-0.05, 0) is 52.5 Å². The van der Waals surface area contributed by atoms with E-state index in [2.05, 4.69) is 41.8 Å². The van der Waals surface area contributed by atoms with Crippen molar-refractivity contribution in [2.24, 2.45) is 0 Å². The maximum absolute atomic E-state index is 12.0. The lowest BCUT2D eigenvalue weighted by atomic mass is 10.1. The first-order valence-corrected chi connectivity index (χ1v) is 8.15. The van der Waals surface area contributed by atoms with Crippen LogP contribution in [-0.2, 0) is 4.74 Å². The fourth-order valence-corrected chi connectivity index (χ4v) is 2.95. The van der Waals surface area contributed by atoms with Crippen molar-refractivity contribution in [3.8, 4) is 0 Å². The fraction of sp³-hybridized carbons (Fsp3) is 0.611. The van der Waals surface area contributed by atoms with E-state index in [1.165, 1.54) is 5.56 Å². The summed E-state index contributed by atoms with van der Waals surface area (Å²) in [6.07, 6.45) is 2.88. The van der Waals surface area contributed by atoms with Gasteiger partial charge < -0.3 is 15.4 Å². The number of hydrogen-bond acceptors (Lipinski definition) is 3. The van der Waals surface area contributed by atoms with Crippen LogP contribution in [0.4, 0.5) is 4.79 Å². The molecule has 1 aromatic rings. The Balaban J connectivity index is 1.89. The van der Waals surface area contributed by atoms with E-state index >= 15 is 0 Å². The third-order valence-electron chi connectivity index (χ3n) is 3.98. The van der Waals surface area contributed by atoms with Crippen molar-refractivity contribution in [1.82, 2.24) is 10.6 Å². The number of carbonyl (C=O) groups excluding carboxylic acids is 1. The van der Waals surface area contributed by atoms with E-state index in [0.717, 1.165) is 19.3 Å². The van der Waals surface area contributed by atoms with Gasteiger partial charge in [-0.15, -0.1) is 0 Å². The van der Waals surface area contributed by atoms with Gasteiger partial charge in [0.25, 0.3) is 0 Å². The van der Waals surface area contributed by atoms with Crippen molar-refractivity contribution in [3.05, 3.63) is 35.9 Å². The minimum Gasteiger partial charge on any atom is -0.444 e. The standard InChI is InChI=1S/C18H28N2O2/c1-13(14-9-6-5-7-10-14)19-15-11-8-12-16(15)20-17(21)22-18(2,3)4/h5-7,9-10,13,15-16,19H,8,11-12H2,1-4H3,(H,20,21). The molecule has 1 fully saturated rings. The molecule has 4 nitrogen and oxygen atoms in total. The molecule has 1 aliphatic rings. The molecule has 0 saturated heterocycles. The molecule has 22 heavy (non-hydrogen) atoms. The highest BCUT2D eigenvalue weighted by Gasteiger charge is 2.30. The van der Waals surface area contributed by atoms with Crippen LogP contribution in [-0.4, -0.2) is 23.8 Å². The first-order valence-electron chi connectivity index (χ1n) is 8.15. The number of nitrogens with one attached hydrogen (secondary N) is 2. The minimum absolute atomic E-state index is 0.140. The molecule has 0 aromatic heterocycles. The Labute approximate surface area is 133 Å². The minimum atomic E-state index is -0.455. The van der Waals surface area contributed by atoms with Gasteiger partial charge in [0.2, 0.25) is 0 Å². The van der Waals surface area contributed by atoms with Gasteiger partial charge in [-0.25, -0.2) is 4.79 Å². The van der Waals surface area contributed by atoms with Gasteiger partial charge in [0, 0.05) is 18.1 Å². The Morgan fingerprint density at radius 3 is 2.45 bits per heavy atom. The first-order chi connectivity index (χ1) is 10.3. The van der Waals surface area contributed by atoms with E-state index in [9.17, 15) is 4.79 Å². The summed E-state index contributed by atoms with van der Waals surface area (Å²) >= 11 is 0. The van der Waals surface area contributed by atoms with Crippen LogP contribution in [0.5, 0.6) is 0 Å². The SMILES string of the molecule is CC(NC1CCCC1NC(=O)OC(C)(C)C)c1ccccc1. The van der Waals surface area contributed by atoms with Crippen LogP contribution < -0.4 is 10.6 Å². The fourth-order valence-electron chi connectivity index (χ4n) is 2.95. The van der Waals surface area contributed by atoms with E-state index < -0.39 is 5.60 Å². The van der Waals surface area contributed by atoms with Gasteiger partial charge in [0.05, 0.1) is 0 Å². The third kappa shape index (κ3) is 5.02. The average Bonchev–Trinajstić information content (AvgIpc) is 2.84. The molecular weight excluding hydrogens is 276 g/mol. The Kier molecular flexibility index (Phi) is 5.46. The quantitative estimate of drug-likeness (QED) is 0.890. The van der Waals surface area contributed by atoms with E-state index in [0.29, 0.717) is 6.04 Å². The summed E-state index contributed by atoms with van der Waals surface area (Å²) in [7, 11) is 0. The van der Waals surface area contributed by atoms with Crippen LogP contribution in [0.2, 0.25) is 0 Å². The van der Waals surface area contributed by atoms with Gasteiger partial charge in [0.1, 0.15) is 5.60 Å². The zero-order chi connectivity index (χ0) is 16.2. The van der Waals surface area contributed by atoms with Crippen molar-refractivity contribution in [3.63, 3.8) is 0 Å². The normalized spacial score (nSPS) is 23.1. The number of rotatable bonds is 4. The molecule has 0 heterocycles. The summed E-state index contributed by atoms with van der Waals surface area (Å²) in [4.78, 5) is 12.0. The van der Waals surface area contributed by atoms with Crippen LogP contribution in [0.1, 0.15) is 58.6 Å². The van der Waals surface area contributed by atoms with Crippen LogP contribution in [0.15, 0.2) is 30.3 Å². The molecule has 0 bridgehead atoms. The molecule has 1 aliphatic carbocycles. The second-order valence-electron chi connectivity index (χ2n) is 7.09. The lowest BCUT2D eigenvalue weighted by molar-refractivity contribution is 0.0497. The summed E-state index contributed by atoms with van der Waals surface area (Å²) < 4.78 is 5.36. The molecule has 2 rings (SSSR count). The van der Waals surface area contributed by atoms with E-state index in [-0.39, 0.29) is 18.2 Å². The van der Waals surface area contributed by atoms with E-state index in [1.54, 1.807) is 0 Å². The van der Waals surface area contributed by atoms with E-state index in [4.69, 9.17) is 4.74 Å². The summed E-state index contributed by atoms with van der Waals surface area (Å²) in [5, 5.41) is 6.66. The lowest BCUT2D eigenvalue weighted by Crippen LogP contribution is -2.48. The summed E-state index contributed by atoms with van der Waals surface area (Å²) in [6, 6.07) is 11.1. The number of carbonyl (C=O) groups is 1. The molecule has 3 atom stereocenters. The molecule has 3 unspecified atom stereocenters. The molecule has 0 radical (unpaired) electrons. The second kappa shape index (κ2) is 7.14. The third-order valence-corrected chi connectivity index (χ3v) is 3.98. The van der Waals surface area contributed by atoms with Crippen LogP contribution in [0.25, 0.3) is 0 Å². The van der Waals surface area contributed by atoms with Gasteiger partial charge in [-0.2, -0.15) is 0 Å². The Bertz CT molecular complexity index is 482. The number of amides is 1. The smallest absolute Gasteiger partial charge is 0.407 e. The highest BCUT2D eigenvalue weighted by Crippen LogP contribution is 2.23. The monoisotopic (exact) mass is 304 g/mol. The van der Waals surface area contributed by atoms with Crippen LogP contribution in [0.3, 0.4) is 0 Å². The molecule has 4 heteroatoms. The van der Waals surface area contributed by atoms with Crippen LogP contribution >= 0.6 is 0 Å². The van der Waals surface area contributed by atoms with E-state index in [1.807, 2.05) is 26.8 Å². The summed E-state index contributed by atoms with van der Waals surface area (Å²) in [6.45, 7) is 7.81. The number of benzene rings is 1. The molecule has 0 spiro atoms. The number of ether oxygens (including phenoxy) is 1. The Hall–Kier alpha value is -1.55. The molecule has 1 saturated carbocycles. The average molecular weight is 304 g/mol. The van der Waals surface area contributed by atoms with Crippen molar-refractivity contribution in [2.45, 2.75) is 70.7 Å². The Morgan fingerprint density at radius 2 is 1.82 bits per heavy atom. The van der Waals surface area contributed by atoms with Crippen LogP contribution in [0, 0.1) is 0 Å². The van der Waals surface area contributed by atoms with Crippen molar-refractivity contribution >= 4 is 6.09 Å². The summed E-state index contributed by atoms with van der Waals surface area (Å²) in [5.41, 5.74) is 0.813. The maximum atomic E-state index is 12.0. The number of alkyl carbamates (subject to hydrolysis) is 1. The predicted octanol–water partition coefficient (Wildman–Crippen LogP) is 3.78. The van der Waals surface area contributed by atoms with Gasteiger partial charge in [-0.1, -0.05) is 30.3 Å². The van der Waals surface area contributed by atoms with Crippen molar-refractivity contribution in [1.29, 1.82) is 0 Å². The van der Waals surface area contributed by atoms with Gasteiger partial charge in [0.15, 0.2) is 0 Å². The second-order valence-corrected chi connectivity index (χ2v) is 7.09. The molecule has 1 amide bonds. The predicted molar refractivity (Wildman–Crippen MR) is 88.8 cm³/mol. The molecule has 0 aliphatic heterocycles. The zero-order valence-electron chi connectivity index (χ0n) is 14.1. The molecule has 1 aromatic carbocycles. The highest BCUT2D eigenvalue weighted by molar-refractivity contribution is 5.68. The highest BCUT2D eigenvalue weighted by atomic mass is 16.6. The van der Waals surface area contributed by atoms with Gasteiger partial charge >= 0.3 is 6.09 Å². The van der Waals surface area contributed by atoms with Crippen molar-refractivity contribution in [2.75, 3.05) is 0 Å². The summed E-state index contributed by atoms with van der Waals surface area (Å²) in [5.74, 6) is 0. The molecule has 2 N–H and O–H groups in total. The topological polar surface area (TPSA) is 50.4 Å². The Morgan fingerprint density at radius 1 is 1.18 bits per heavy atom.